The Labute approximate surface area is 208 Å². The van der Waals surface area contributed by atoms with E-state index in [4.69, 9.17) is 37.9 Å². The van der Waals surface area contributed by atoms with Crippen LogP contribution in [0.15, 0.2) is 46.7 Å². The van der Waals surface area contributed by atoms with Gasteiger partial charge in [0.2, 0.25) is 11.0 Å². The molecule has 0 saturated heterocycles. The van der Waals surface area contributed by atoms with Crippen molar-refractivity contribution in [1.29, 1.82) is 0 Å². The summed E-state index contributed by atoms with van der Waals surface area (Å²) in [6, 6.07) is 9.04. The molecule has 174 valence electrons. The molecular weight excluding hydrogens is 497 g/mol. The van der Waals surface area contributed by atoms with Crippen LogP contribution in [0.1, 0.15) is 0 Å². The lowest BCUT2D eigenvalue weighted by atomic mass is 10.3. The highest BCUT2D eigenvalue weighted by atomic mass is 35.5. The number of methoxy groups -OCH3 is 1. The summed E-state index contributed by atoms with van der Waals surface area (Å²) in [6.07, 6.45) is 1.89. The topological polar surface area (TPSA) is 99.7 Å². The van der Waals surface area contributed by atoms with Crippen molar-refractivity contribution in [3.05, 3.63) is 46.6 Å². The Balaban J connectivity index is 1.66. The van der Waals surface area contributed by atoms with Crippen molar-refractivity contribution in [2.45, 2.75) is 16.7 Å². The van der Waals surface area contributed by atoms with Crippen LogP contribution in [0.4, 0.5) is 0 Å². The highest BCUT2D eigenvalue weighted by Gasteiger charge is 2.19. The van der Waals surface area contributed by atoms with Gasteiger partial charge in [-0.25, -0.2) is 19.6 Å². The van der Waals surface area contributed by atoms with Crippen LogP contribution in [0, 0.1) is 0 Å². The van der Waals surface area contributed by atoms with Gasteiger partial charge in [-0.05, 0) is 60.5 Å². The zero-order valence-corrected chi connectivity index (χ0v) is 20.8. The van der Waals surface area contributed by atoms with Crippen LogP contribution in [-0.4, -0.2) is 72.4 Å². The molecule has 0 unspecified atom stereocenters. The van der Waals surface area contributed by atoms with E-state index in [2.05, 4.69) is 25.4 Å². The summed E-state index contributed by atoms with van der Waals surface area (Å²) in [4.78, 5) is 16.3. The van der Waals surface area contributed by atoms with Crippen molar-refractivity contribution in [2.24, 2.45) is 0 Å². The van der Waals surface area contributed by atoms with Gasteiger partial charge in [-0.2, -0.15) is 0 Å². The van der Waals surface area contributed by atoms with Gasteiger partial charge in [0.25, 0.3) is 0 Å². The first kappa shape index (κ1) is 22.8. The first-order valence-corrected chi connectivity index (χ1v) is 11.8. The normalized spacial score (nSPS) is 11.7. The molecule has 0 spiro atoms. The standard InChI is InChI=1S/C21H19Cl2N9OS/c1-30(2)8-9-32-21(27-28-29-32)34-20-19(25-15-10-12(22)13(23)11-16(15)26-20)31-7-6-14-17(31)4-5-18(24-14)33-3/h4-7,10-11H,8-9H2,1-3H3. The number of nitrogens with zero attached hydrogens (tertiary/aromatic N) is 9. The summed E-state index contributed by atoms with van der Waals surface area (Å²) < 4.78 is 8.93. The second-order valence-electron chi connectivity index (χ2n) is 7.64. The van der Waals surface area contributed by atoms with E-state index in [1.165, 1.54) is 11.8 Å². The van der Waals surface area contributed by atoms with Crippen LogP contribution in [0.25, 0.3) is 27.9 Å². The molecule has 0 amide bonds. The summed E-state index contributed by atoms with van der Waals surface area (Å²) in [5, 5.41) is 14.2. The maximum atomic E-state index is 6.26. The van der Waals surface area contributed by atoms with Gasteiger partial charge in [0, 0.05) is 18.8 Å². The lowest BCUT2D eigenvalue weighted by Gasteiger charge is -2.13. The van der Waals surface area contributed by atoms with Crippen molar-refractivity contribution in [2.75, 3.05) is 27.7 Å². The van der Waals surface area contributed by atoms with E-state index >= 15 is 0 Å². The smallest absolute Gasteiger partial charge is 0.215 e. The lowest BCUT2D eigenvalue weighted by molar-refractivity contribution is 0.361. The van der Waals surface area contributed by atoms with Crippen LogP contribution in [0.2, 0.25) is 10.0 Å². The van der Waals surface area contributed by atoms with E-state index in [1.807, 2.05) is 37.0 Å². The van der Waals surface area contributed by atoms with E-state index in [0.29, 0.717) is 49.5 Å². The maximum Gasteiger partial charge on any atom is 0.215 e. The summed E-state index contributed by atoms with van der Waals surface area (Å²) >= 11 is 13.8. The van der Waals surface area contributed by atoms with Gasteiger partial charge in [-0.3, -0.25) is 4.57 Å². The molecule has 0 bridgehead atoms. The van der Waals surface area contributed by atoms with Crippen molar-refractivity contribution in [3.8, 4) is 11.7 Å². The number of halogens is 2. The Morgan fingerprint density at radius 1 is 1.00 bits per heavy atom. The second-order valence-corrected chi connectivity index (χ2v) is 9.41. The van der Waals surface area contributed by atoms with Gasteiger partial charge in [-0.15, -0.1) is 5.10 Å². The van der Waals surface area contributed by atoms with Gasteiger partial charge in [0.15, 0.2) is 5.82 Å². The van der Waals surface area contributed by atoms with Gasteiger partial charge in [0.05, 0.1) is 45.8 Å². The fourth-order valence-corrected chi connectivity index (χ4v) is 4.52. The molecule has 0 aliphatic carbocycles. The van der Waals surface area contributed by atoms with Crippen molar-refractivity contribution in [1.82, 2.24) is 44.6 Å². The molecule has 0 saturated carbocycles. The number of likely N-dealkylation sites (N-methyl/N-ethyl adjacent to an activating group) is 1. The number of hydrogen-bond acceptors (Lipinski definition) is 9. The van der Waals surface area contributed by atoms with Gasteiger partial charge >= 0.3 is 0 Å². The molecule has 0 aliphatic heterocycles. The van der Waals surface area contributed by atoms with E-state index in [1.54, 1.807) is 30.0 Å². The van der Waals surface area contributed by atoms with Gasteiger partial charge < -0.3 is 9.64 Å². The summed E-state index contributed by atoms with van der Waals surface area (Å²) in [6.45, 7) is 1.43. The zero-order chi connectivity index (χ0) is 23.8. The highest BCUT2D eigenvalue weighted by molar-refractivity contribution is 7.99. The quantitative estimate of drug-likeness (QED) is 0.318. The van der Waals surface area contributed by atoms with Crippen molar-refractivity contribution >= 4 is 57.0 Å². The molecule has 0 radical (unpaired) electrons. The molecule has 13 heteroatoms. The predicted octanol–water partition coefficient (Wildman–Crippen LogP) is 3.98. The molecule has 4 aromatic heterocycles. The number of tetrazole rings is 1. The fraction of sp³-hybridized carbons (Fsp3) is 0.238. The van der Waals surface area contributed by atoms with Crippen LogP contribution >= 0.6 is 35.0 Å². The summed E-state index contributed by atoms with van der Waals surface area (Å²) in [7, 11) is 5.59. The number of fused-ring (bicyclic) bond motifs is 2. The van der Waals surface area contributed by atoms with E-state index in [0.717, 1.165) is 17.6 Å². The average Bonchev–Trinajstić information content (AvgIpc) is 3.44. The number of ether oxygens (including phenoxy) is 1. The number of hydrogen-bond donors (Lipinski definition) is 0. The summed E-state index contributed by atoms with van der Waals surface area (Å²) in [5.41, 5.74) is 2.85. The number of aromatic nitrogens is 8. The minimum Gasteiger partial charge on any atom is -0.481 e. The molecule has 0 aliphatic rings. The minimum atomic E-state index is 0.408. The number of benzene rings is 1. The van der Waals surface area contributed by atoms with Crippen LogP contribution in [0.3, 0.4) is 0 Å². The monoisotopic (exact) mass is 515 g/mol. The Kier molecular flexibility index (Phi) is 6.26. The van der Waals surface area contributed by atoms with Crippen LogP contribution < -0.4 is 4.74 Å². The fourth-order valence-electron chi connectivity index (χ4n) is 3.34. The highest BCUT2D eigenvalue weighted by Crippen LogP contribution is 2.34. The SMILES string of the molecule is COc1ccc2c(ccn2-c2nc3cc(Cl)c(Cl)cc3nc2Sc2nnnn2CCN(C)C)n1. The average molecular weight is 516 g/mol. The molecule has 5 aromatic rings. The first-order chi connectivity index (χ1) is 16.4. The molecule has 0 fully saturated rings. The van der Waals surface area contributed by atoms with E-state index < -0.39 is 0 Å². The first-order valence-electron chi connectivity index (χ1n) is 10.2. The number of rotatable bonds is 7. The Bertz CT molecular complexity index is 1500. The molecular formula is C21H19Cl2N9OS. The largest absolute Gasteiger partial charge is 0.481 e. The van der Waals surface area contributed by atoms with Gasteiger partial charge in [-0.1, -0.05) is 23.2 Å². The molecule has 1 aromatic carbocycles. The maximum absolute atomic E-state index is 6.26. The lowest BCUT2D eigenvalue weighted by Crippen LogP contribution is -2.19. The Hall–Kier alpha value is -2.99. The minimum absolute atomic E-state index is 0.408. The van der Waals surface area contributed by atoms with Crippen molar-refractivity contribution in [3.63, 3.8) is 0 Å². The Morgan fingerprint density at radius 2 is 1.76 bits per heavy atom. The summed E-state index contributed by atoms with van der Waals surface area (Å²) in [5.74, 6) is 1.13. The third-order valence-corrected chi connectivity index (χ3v) is 6.72. The predicted molar refractivity (Wildman–Crippen MR) is 131 cm³/mol. The molecule has 0 atom stereocenters. The van der Waals surface area contributed by atoms with Gasteiger partial charge in [0.1, 0.15) is 5.03 Å². The van der Waals surface area contributed by atoms with Crippen molar-refractivity contribution < 1.29 is 4.74 Å². The molecule has 0 N–H and O–H groups in total. The van der Waals surface area contributed by atoms with E-state index in [-0.39, 0.29) is 0 Å². The van der Waals surface area contributed by atoms with Crippen LogP contribution in [0.5, 0.6) is 5.88 Å². The zero-order valence-electron chi connectivity index (χ0n) is 18.5. The molecule has 5 rings (SSSR count). The third-order valence-electron chi connectivity index (χ3n) is 5.06. The Morgan fingerprint density at radius 3 is 2.50 bits per heavy atom. The third kappa shape index (κ3) is 4.39. The molecule has 10 nitrogen and oxygen atoms in total. The molecule has 34 heavy (non-hydrogen) atoms. The van der Waals surface area contributed by atoms with Crippen LogP contribution in [-0.2, 0) is 6.54 Å². The number of pyridine rings is 1. The van der Waals surface area contributed by atoms with E-state index in [9.17, 15) is 0 Å². The second kappa shape index (κ2) is 9.34. The molecule has 4 heterocycles.